The summed E-state index contributed by atoms with van der Waals surface area (Å²) in [5, 5.41) is 12.1. The summed E-state index contributed by atoms with van der Waals surface area (Å²) in [5.41, 5.74) is 3.24. The van der Waals surface area contributed by atoms with Crippen LogP contribution in [-0.4, -0.2) is 52.1 Å². The molecule has 0 radical (unpaired) electrons. The molecule has 1 aromatic carbocycles. The number of fused-ring (bicyclic) bond motifs is 1. The van der Waals surface area contributed by atoms with Crippen LogP contribution in [0.5, 0.6) is 0 Å². The molecule has 1 fully saturated rings. The largest absolute Gasteiger partial charge is 0.379 e. The molecule has 0 spiro atoms. The minimum Gasteiger partial charge on any atom is -0.379 e. The number of morpholine rings is 1. The molecule has 1 aliphatic heterocycles. The van der Waals surface area contributed by atoms with Crippen molar-refractivity contribution in [1.82, 2.24) is 15.0 Å². The van der Waals surface area contributed by atoms with Crippen LogP contribution in [0.1, 0.15) is 19.4 Å². The van der Waals surface area contributed by atoms with E-state index < -0.39 is 5.60 Å². The van der Waals surface area contributed by atoms with Crippen LogP contribution in [-0.2, 0) is 10.3 Å². The van der Waals surface area contributed by atoms with E-state index in [4.69, 9.17) is 4.74 Å². The van der Waals surface area contributed by atoms with Crippen LogP contribution in [0, 0.1) is 0 Å². The third-order valence-corrected chi connectivity index (χ3v) is 5.62. The van der Waals surface area contributed by atoms with Crippen LogP contribution in [0.25, 0.3) is 22.2 Å². The fourth-order valence-corrected chi connectivity index (χ4v) is 3.81. The van der Waals surface area contributed by atoms with Crippen LogP contribution in [0.2, 0.25) is 0 Å². The number of rotatable bonds is 6. The van der Waals surface area contributed by atoms with E-state index in [1.54, 1.807) is 44.0 Å². The molecule has 1 aliphatic rings. The Morgan fingerprint density at radius 1 is 1.22 bits per heavy atom. The van der Waals surface area contributed by atoms with Gasteiger partial charge < -0.3 is 14.7 Å². The Morgan fingerprint density at radius 3 is 2.78 bits per heavy atom. The topological polar surface area (TPSA) is 83.7 Å². The fourth-order valence-electron chi connectivity index (χ4n) is 3.81. The van der Waals surface area contributed by atoms with Gasteiger partial charge in [0, 0.05) is 53.9 Å². The maximum Gasteiger partial charge on any atom is 0.130 e. The number of anilines is 1. The van der Waals surface area contributed by atoms with Crippen molar-refractivity contribution in [2.24, 2.45) is 4.99 Å². The molecule has 32 heavy (non-hydrogen) atoms. The fraction of sp³-hybridized carbons (Fsp3) is 0.280. The van der Waals surface area contributed by atoms with Gasteiger partial charge in [0.2, 0.25) is 0 Å². The molecule has 0 amide bonds. The van der Waals surface area contributed by atoms with Gasteiger partial charge in [-0.2, -0.15) is 0 Å². The van der Waals surface area contributed by atoms with Gasteiger partial charge in [0.1, 0.15) is 11.9 Å². The van der Waals surface area contributed by atoms with Crippen molar-refractivity contribution in [1.29, 1.82) is 0 Å². The molecule has 0 aliphatic carbocycles. The van der Waals surface area contributed by atoms with E-state index in [1.165, 1.54) is 0 Å². The lowest BCUT2D eigenvalue weighted by molar-refractivity contribution is 0.122. The Bertz CT molecular complexity index is 1180. The Morgan fingerprint density at radius 2 is 2.03 bits per heavy atom. The number of nitrogens with zero attached hydrogens (tertiary/aromatic N) is 5. The summed E-state index contributed by atoms with van der Waals surface area (Å²) >= 11 is 0. The molecule has 1 saturated heterocycles. The number of hydrogen-bond donors (Lipinski definition) is 1. The molecule has 1 atom stereocenters. The molecular formula is C25H27N5O2. The van der Waals surface area contributed by atoms with Crippen molar-refractivity contribution in [3.63, 3.8) is 0 Å². The highest BCUT2D eigenvalue weighted by atomic mass is 16.5. The van der Waals surface area contributed by atoms with E-state index in [2.05, 4.69) is 43.6 Å². The summed E-state index contributed by atoms with van der Waals surface area (Å²) in [6.45, 7) is 10.5. The quantitative estimate of drug-likeness (QED) is 0.599. The predicted molar refractivity (Wildman–Crippen MR) is 128 cm³/mol. The zero-order valence-corrected chi connectivity index (χ0v) is 18.4. The van der Waals surface area contributed by atoms with Crippen LogP contribution in [0.15, 0.2) is 72.9 Å². The monoisotopic (exact) mass is 429 g/mol. The van der Waals surface area contributed by atoms with Crippen LogP contribution in [0.3, 0.4) is 0 Å². The summed E-state index contributed by atoms with van der Waals surface area (Å²) in [5.74, 6) is 0. The van der Waals surface area contributed by atoms with Gasteiger partial charge in [-0.1, -0.05) is 12.7 Å². The van der Waals surface area contributed by atoms with E-state index in [9.17, 15) is 5.11 Å². The number of aliphatic hydroxyl groups is 1. The van der Waals surface area contributed by atoms with Gasteiger partial charge in [0.15, 0.2) is 0 Å². The first kappa shape index (κ1) is 21.8. The molecule has 0 bridgehead atoms. The van der Waals surface area contributed by atoms with Crippen molar-refractivity contribution >= 4 is 22.3 Å². The van der Waals surface area contributed by atoms with Crippen LogP contribution >= 0.6 is 0 Å². The summed E-state index contributed by atoms with van der Waals surface area (Å²) in [7, 11) is 0. The first-order valence-electron chi connectivity index (χ1n) is 10.6. The SMILES string of the molecule is C=C/C(=N\C=C/C)C(C)(O)c1cncc(-c2ncnc3cc(N4CCOCC4)ccc23)c1. The zero-order chi connectivity index (χ0) is 22.6. The molecule has 3 aromatic rings. The van der Waals surface area contributed by atoms with Gasteiger partial charge in [0.25, 0.3) is 0 Å². The summed E-state index contributed by atoms with van der Waals surface area (Å²) in [4.78, 5) is 20.0. The maximum absolute atomic E-state index is 11.2. The number of aliphatic imine (C=N–C) groups is 1. The van der Waals surface area contributed by atoms with Gasteiger partial charge in [-0.05, 0) is 44.2 Å². The van der Waals surface area contributed by atoms with Crippen molar-refractivity contribution in [3.8, 4) is 11.3 Å². The number of aromatic nitrogens is 3. The van der Waals surface area contributed by atoms with Gasteiger partial charge in [0.05, 0.1) is 30.1 Å². The van der Waals surface area contributed by atoms with Gasteiger partial charge >= 0.3 is 0 Å². The standard InChI is InChI=1S/C25H27N5O2/c1-4-8-27-23(5-2)25(3,31)19-13-18(15-26-16-19)24-21-7-6-20(14-22(21)28-17-29-24)30-9-11-32-12-10-30/h4-8,13-17,31H,2,9-12H2,1,3H3/b8-4-,27-23+. The lowest BCUT2D eigenvalue weighted by atomic mass is 9.90. The molecule has 7 nitrogen and oxygen atoms in total. The minimum absolute atomic E-state index is 0.442. The summed E-state index contributed by atoms with van der Waals surface area (Å²) in [6.07, 6.45) is 9.93. The van der Waals surface area contributed by atoms with Gasteiger partial charge in [-0.15, -0.1) is 0 Å². The predicted octanol–water partition coefficient (Wildman–Crippen LogP) is 3.90. The maximum atomic E-state index is 11.2. The average Bonchev–Trinajstić information content (AvgIpc) is 2.84. The van der Waals surface area contributed by atoms with Crippen molar-refractivity contribution in [2.45, 2.75) is 19.4 Å². The van der Waals surface area contributed by atoms with Crippen LogP contribution in [0.4, 0.5) is 5.69 Å². The van der Waals surface area contributed by atoms with E-state index in [1.807, 2.05) is 19.1 Å². The third kappa shape index (κ3) is 4.30. The van der Waals surface area contributed by atoms with E-state index in [0.717, 1.165) is 54.2 Å². The highest BCUT2D eigenvalue weighted by Crippen LogP contribution is 2.31. The average molecular weight is 430 g/mol. The lowest BCUT2D eigenvalue weighted by Crippen LogP contribution is -2.36. The molecule has 4 rings (SSSR count). The third-order valence-electron chi connectivity index (χ3n) is 5.62. The van der Waals surface area contributed by atoms with Gasteiger partial charge in [-0.3, -0.25) is 9.98 Å². The second-order valence-corrected chi connectivity index (χ2v) is 7.76. The first-order valence-corrected chi connectivity index (χ1v) is 10.6. The van der Waals surface area contributed by atoms with E-state index >= 15 is 0 Å². The molecule has 164 valence electrons. The highest BCUT2D eigenvalue weighted by Gasteiger charge is 2.29. The minimum atomic E-state index is -1.35. The Hall–Kier alpha value is -3.42. The Balaban J connectivity index is 1.74. The molecule has 3 heterocycles. The number of benzene rings is 1. The second-order valence-electron chi connectivity index (χ2n) is 7.76. The molecular weight excluding hydrogens is 402 g/mol. The lowest BCUT2D eigenvalue weighted by Gasteiger charge is -2.29. The normalized spacial score (nSPS) is 17.0. The summed E-state index contributed by atoms with van der Waals surface area (Å²) < 4.78 is 5.46. The summed E-state index contributed by atoms with van der Waals surface area (Å²) in [6, 6.07) is 8.11. The number of allylic oxidation sites excluding steroid dienone is 1. The highest BCUT2D eigenvalue weighted by molar-refractivity contribution is 6.02. The number of pyridine rings is 1. The van der Waals surface area contributed by atoms with Gasteiger partial charge in [-0.25, -0.2) is 9.97 Å². The smallest absolute Gasteiger partial charge is 0.130 e. The molecule has 1 unspecified atom stereocenters. The Labute approximate surface area is 187 Å². The molecule has 0 saturated carbocycles. The molecule has 1 N–H and O–H groups in total. The molecule has 7 heteroatoms. The van der Waals surface area contributed by atoms with Crippen LogP contribution < -0.4 is 4.90 Å². The Kier molecular flexibility index (Phi) is 6.39. The molecule has 2 aromatic heterocycles. The van der Waals surface area contributed by atoms with E-state index in [0.29, 0.717) is 11.3 Å². The number of hydrogen-bond acceptors (Lipinski definition) is 7. The first-order chi connectivity index (χ1) is 15.5. The van der Waals surface area contributed by atoms with Crippen molar-refractivity contribution < 1.29 is 9.84 Å². The number of ether oxygens (including phenoxy) is 1. The second kappa shape index (κ2) is 9.38. The van der Waals surface area contributed by atoms with Crippen molar-refractivity contribution in [2.75, 3.05) is 31.2 Å². The van der Waals surface area contributed by atoms with E-state index in [-0.39, 0.29) is 0 Å². The van der Waals surface area contributed by atoms with Crippen molar-refractivity contribution in [3.05, 3.63) is 73.5 Å². The zero-order valence-electron chi connectivity index (χ0n) is 18.4.